The molecule has 0 amide bonds. The van der Waals surface area contributed by atoms with Gasteiger partial charge in [-0.15, -0.1) is 0 Å². The molecule has 2 aliphatic rings. The smallest absolute Gasteiger partial charge is 0.00756 e. The maximum atomic E-state index is 5.83. The number of rotatable bonds is 4. The summed E-state index contributed by atoms with van der Waals surface area (Å²) in [6, 6.07) is 0.757. The minimum atomic E-state index is 0.537. The van der Waals surface area contributed by atoms with Crippen LogP contribution in [0.25, 0.3) is 0 Å². The van der Waals surface area contributed by atoms with E-state index in [4.69, 9.17) is 5.73 Å². The summed E-state index contributed by atoms with van der Waals surface area (Å²) >= 11 is 0. The van der Waals surface area contributed by atoms with Gasteiger partial charge in [-0.05, 0) is 44.2 Å². The molecule has 2 aliphatic carbocycles. The van der Waals surface area contributed by atoms with Crippen LogP contribution in [-0.2, 0) is 0 Å². The van der Waals surface area contributed by atoms with Gasteiger partial charge in [-0.25, -0.2) is 0 Å². The van der Waals surface area contributed by atoms with Crippen LogP contribution in [0, 0.1) is 11.3 Å². The van der Waals surface area contributed by atoms with Crippen molar-refractivity contribution < 1.29 is 0 Å². The summed E-state index contributed by atoms with van der Waals surface area (Å²) in [6.07, 6.45) is 6.96. The Labute approximate surface area is 74.9 Å². The molecule has 12 heavy (non-hydrogen) atoms. The molecule has 0 bridgehead atoms. The summed E-state index contributed by atoms with van der Waals surface area (Å²) in [5.41, 5.74) is 6.37. The van der Waals surface area contributed by atoms with Crippen LogP contribution in [-0.4, -0.2) is 19.6 Å². The summed E-state index contributed by atoms with van der Waals surface area (Å²) in [5.74, 6) is 1.03. The second kappa shape index (κ2) is 3.00. The van der Waals surface area contributed by atoms with E-state index >= 15 is 0 Å². The average Bonchev–Trinajstić information content (AvgIpc) is 2.79. The van der Waals surface area contributed by atoms with Gasteiger partial charge in [0.25, 0.3) is 0 Å². The van der Waals surface area contributed by atoms with Crippen molar-refractivity contribution in [3.8, 4) is 0 Å². The van der Waals surface area contributed by atoms with Crippen LogP contribution in [0.1, 0.15) is 32.1 Å². The Balaban J connectivity index is 1.81. The van der Waals surface area contributed by atoms with Crippen LogP contribution in [0.15, 0.2) is 0 Å². The van der Waals surface area contributed by atoms with Gasteiger partial charge in [0.15, 0.2) is 0 Å². The maximum Gasteiger partial charge on any atom is 0.00756 e. The largest absolute Gasteiger partial charge is 0.330 e. The Morgan fingerprint density at radius 1 is 1.42 bits per heavy atom. The normalized spacial score (nSPS) is 41.0. The Morgan fingerprint density at radius 3 is 2.50 bits per heavy atom. The molecule has 0 aliphatic heterocycles. The van der Waals surface area contributed by atoms with E-state index in [1.165, 1.54) is 32.1 Å². The zero-order valence-electron chi connectivity index (χ0n) is 7.97. The maximum absolute atomic E-state index is 5.83. The molecule has 2 heteroatoms. The third-order valence-electron chi connectivity index (χ3n) is 3.62. The summed E-state index contributed by atoms with van der Waals surface area (Å²) < 4.78 is 0. The molecule has 2 nitrogen and oxygen atoms in total. The van der Waals surface area contributed by atoms with Crippen molar-refractivity contribution in [1.29, 1.82) is 0 Å². The highest BCUT2D eigenvalue weighted by atomic mass is 14.9. The number of hydrogen-bond donors (Lipinski definition) is 2. The summed E-state index contributed by atoms with van der Waals surface area (Å²) in [6.45, 7) is 0.904. The van der Waals surface area contributed by atoms with Crippen LogP contribution in [0.5, 0.6) is 0 Å². The zero-order valence-corrected chi connectivity index (χ0v) is 7.97. The lowest BCUT2D eigenvalue weighted by molar-refractivity contribution is 0.0784. The van der Waals surface area contributed by atoms with E-state index in [2.05, 4.69) is 12.4 Å². The fourth-order valence-electron chi connectivity index (χ4n) is 2.54. The van der Waals surface area contributed by atoms with E-state index in [9.17, 15) is 0 Å². The van der Waals surface area contributed by atoms with Gasteiger partial charge in [-0.3, -0.25) is 0 Å². The molecule has 0 unspecified atom stereocenters. The molecule has 2 rings (SSSR count). The highest BCUT2D eigenvalue weighted by Crippen LogP contribution is 2.50. The molecule has 0 aromatic heterocycles. The van der Waals surface area contributed by atoms with Gasteiger partial charge in [0.2, 0.25) is 0 Å². The van der Waals surface area contributed by atoms with Gasteiger partial charge in [0, 0.05) is 6.04 Å². The first-order valence-electron chi connectivity index (χ1n) is 5.15. The van der Waals surface area contributed by atoms with E-state index in [1.807, 2.05) is 0 Å². The lowest BCUT2D eigenvalue weighted by Gasteiger charge is -2.47. The number of nitrogens with one attached hydrogen (secondary N) is 1. The van der Waals surface area contributed by atoms with Crippen LogP contribution >= 0.6 is 0 Å². The second-order valence-electron chi connectivity index (χ2n) is 4.75. The van der Waals surface area contributed by atoms with Crippen molar-refractivity contribution >= 4 is 0 Å². The first-order chi connectivity index (χ1) is 5.78. The van der Waals surface area contributed by atoms with E-state index in [0.29, 0.717) is 5.41 Å². The van der Waals surface area contributed by atoms with Crippen LogP contribution in [0.3, 0.4) is 0 Å². The standard InChI is InChI=1S/C10H20N2/c1-12-9-5-10(6-9,7-11)4-8-2-3-8/h8-9,12H,2-7,11H2,1H3. The third-order valence-corrected chi connectivity index (χ3v) is 3.62. The minimum Gasteiger partial charge on any atom is -0.330 e. The summed E-state index contributed by atoms with van der Waals surface area (Å²) in [4.78, 5) is 0. The summed E-state index contributed by atoms with van der Waals surface area (Å²) in [5, 5.41) is 3.33. The molecular formula is C10H20N2. The number of hydrogen-bond acceptors (Lipinski definition) is 2. The fourth-order valence-corrected chi connectivity index (χ4v) is 2.54. The number of nitrogens with two attached hydrogens (primary N) is 1. The molecule has 3 N–H and O–H groups in total. The highest BCUT2D eigenvalue weighted by molar-refractivity contribution is 5.00. The van der Waals surface area contributed by atoms with E-state index in [0.717, 1.165) is 18.5 Å². The van der Waals surface area contributed by atoms with Crippen LogP contribution in [0.4, 0.5) is 0 Å². The van der Waals surface area contributed by atoms with Crippen molar-refractivity contribution in [1.82, 2.24) is 5.32 Å². The Hall–Kier alpha value is -0.0800. The fraction of sp³-hybridized carbons (Fsp3) is 1.00. The second-order valence-corrected chi connectivity index (χ2v) is 4.75. The minimum absolute atomic E-state index is 0.537. The van der Waals surface area contributed by atoms with Gasteiger partial charge < -0.3 is 11.1 Å². The molecule has 0 aromatic carbocycles. The molecule has 0 spiro atoms. The van der Waals surface area contributed by atoms with E-state index in [1.54, 1.807) is 0 Å². The van der Waals surface area contributed by atoms with Crippen LogP contribution < -0.4 is 11.1 Å². The molecule has 0 heterocycles. The molecule has 70 valence electrons. The molecule has 2 fully saturated rings. The molecule has 0 aromatic rings. The van der Waals surface area contributed by atoms with E-state index in [-0.39, 0.29) is 0 Å². The third kappa shape index (κ3) is 1.50. The zero-order chi connectivity index (χ0) is 8.60. The molecule has 2 saturated carbocycles. The van der Waals surface area contributed by atoms with Crippen molar-refractivity contribution in [2.75, 3.05) is 13.6 Å². The predicted octanol–water partition coefficient (Wildman–Crippen LogP) is 1.11. The van der Waals surface area contributed by atoms with Crippen molar-refractivity contribution in [2.45, 2.75) is 38.1 Å². The van der Waals surface area contributed by atoms with Crippen molar-refractivity contribution in [2.24, 2.45) is 17.1 Å². The molecule has 0 atom stereocenters. The van der Waals surface area contributed by atoms with Gasteiger partial charge in [-0.1, -0.05) is 12.8 Å². The first-order valence-corrected chi connectivity index (χ1v) is 5.15. The molecule has 0 saturated heterocycles. The van der Waals surface area contributed by atoms with E-state index < -0.39 is 0 Å². The predicted molar refractivity (Wildman–Crippen MR) is 50.9 cm³/mol. The van der Waals surface area contributed by atoms with Gasteiger partial charge >= 0.3 is 0 Å². The van der Waals surface area contributed by atoms with Crippen molar-refractivity contribution in [3.05, 3.63) is 0 Å². The quantitative estimate of drug-likeness (QED) is 0.660. The lowest BCUT2D eigenvalue weighted by atomic mass is 9.62. The monoisotopic (exact) mass is 168 g/mol. The Morgan fingerprint density at radius 2 is 2.08 bits per heavy atom. The lowest BCUT2D eigenvalue weighted by Crippen LogP contribution is -2.51. The SMILES string of the molecule is CNC1CC(CN)(CC2CC2)C1. The molecular weight excluding hydrogens is 148 g/mol. The van der Waals surface area contributed by atoms with Gasteiger partial charge in [0.1, 0.15) is 0 Å². The first kappa shape index (κ1) is 8.52. The van der Waals surface area contributed by atoms with Crippen LogP contribution in [0.2, 0.25) is 0 Å². The topological polar surface area (TPSA) is 38.0 Å². The van der Waals surface area contributed by atoms with Gasteiger partial charge in [0.05, 0.1) is 0 Å². The Bertz CT molecular complexity index is 157. The van der Waals surface area contributed by atoms with Crippen molar-refractivity contribution in [3.63, 3.8) is 0 Å². The Kier molecular flexibility index (Phi) is 2.13. The van der Waals surface area contributed by atoms with Gasteiger partial charge in [-0.2, -0.15) is 0 Å². The highest BCUT2D eigenvalue weighted by Gasteiger charge is 2.45. The molecule has 0 radical (unpaired) electrons. The summed E-state index contributed by atoms with van der Waals surface area (Å²) in [7, 11) is 2.06. The average molecular weight is 168 g/mol.